The Morgan fingerprint density at radius 2 is 2.05 bits per heavy atom. The van der Waals surface area contributed by atoms with Gasteiger partial charge < -0.3 is 14.6 Å². The lowest BCUT2D eigenvalue weighted by Gasteiger charge is -2.28. The van der Waals surface area contributed by atoms with Crippen LogP contribution in [0.25, 0.3) is 11.1 Å². The van der Waals surface area contributed by atoms with Crippen LogP contribution in [0, 0.1) is 0 Å². The summed E-state index contributed by atoms with van der Waals surface area (Å²) >= 11 is 0. The molecule has 1 heterocycles. The second-order valence-electron chi connectivity index (χ2n) is 4.85. The third-order valence-corrected chi connectivity index (χ3v) is 3.51. The van der Waals surface area contributed by atoms with Crippen molar-refractivity contribution in [1.82, 2.24) is 0 Å². The van der Waals surface area contributed by atoms with Crippen molar-refractivity contribution in [3.8, 4) is 22.6 Å². The maximum atomic E-state index is 11.7. The third kappa shape index (κ3) is 2.44. The smallest absolute Gasteiger partial charge is 0.309 e. The molecule has 1 N–H and O–H groups in total. The summed E-state index contributed by atoms with van der Waals surface area (Å²) in [5, 5.41) is 10.1. The van der Waals surface area contributed by atoms with E-state index in [4.69, 9.17) is 9.47 Å². The first-order valence-electron chi connectivity index (χ1n) is 6.94. The Hall–Kier alpha value is -2.49. The zero-order valence-corrected chi connectivity index (χ0v) is 11.7. The molecule has 0 saturated heterocycles. The highest BCUT2D eigenvalue weighted by molar-refractivity contribution is 5.81. The minimum Gasteiger partial charge on any atom is -0.507 e. The molecule has 0 radical (unpaired) electrons. The summed E-state index contributed by atoms with van der Waals surface area (Å²) < 4.78 is 10.9. The van der Waals surface area contributed by atoms with Gasteiger partial charge in [0.2, 0.25) is 0 Å². The van der Waals surface area contributed by atoms with Crippen molar-refractivity contribution >= 4 is 5.97 Å². The molecule has 21 heavy (non-hydrogen) atoms. The van der Waals surface area contributed by atoms with E-state index in [2.05, 4.69) is 0 Å². The van der Waals surface area contributed by atoms with Crippen LogP contribution in [-0.4, -0.2) is 17.7 Å². The van der Waals surface area contributed by atoms with Crippen LogP contribution in [0.2, 0.25) is 0 Å². The maximum absolute atomic E-state index is 11.7. The molecule has 108 valence electrons. The molecule has 0 bridgehead atoms. The molecule has 4 heteroatoms. The Labute approximate surface area is 122 Å². The van der Waals surface area contributed by atoms with Crippen LogP contribution < -0.4 is 4.74 Å². The first-order chi connectivity index (χ1) is 10.2. The van der Waals surface area contributed by atoms with Gasteiger partial charge in [-0.25, -0.2) is 0 Å². The molecule has 0 saturated carbocycles. The second-order valence-corrected chi connectivity index (χ2v) is 4.85. The van der Waals surface area contributed by atoms with Gasteiger partial charge in [0.05, 0.1) is 18.6 Å². The fourth-order valence-electron chi connectivity index (χ4n) is 2.63. The number of ether oxygens (including phenoxy) is 2. The summed E-state index contributed by atoms with van der Waals surface area (Å²) in [5.41, 5.74) is 2.46. The molecule has 2 aromatic rings. The van der Waals surface area contributed by atoms with Gasteiger partial charge in [0, 0.05) is 5.56 Å². The van der Waals surface area contributed by atoms with E-state index in [-0.39, 0.29) is 18.1 Å². The Morgan fingerprint density at radius 1 is 1.24 bits per heavy atom. The lowest BCUT2D eigenvalue weighted by molar-refractivity contribution is -0.145. The van der Waals surface area contributed by atoms with E-state index in [1.54, 1.807) is 25.1 Å². The zero-order chi connectivity index (χ0) is 14.8. The van der Waals surface area contributed by atoms with E-state index in [0.717, 1.165) is 11.1 Å². The molecule has 0 aliphatic carbocycles. The predicted molar refractivity (Wildman–Crippen MR) is 78.2 cm³/mol. The fourth-order valence-corrected chi connectivity index (χ4v) is 2.63. The van der Waals surface area contributed by atoms with Crippen molar-refractivity contribution in [2.75, 3.05) is 6.61 Å². The molecule has 3 rings (SSSR count). The highest BCUT2D eigenvalue weighted by Gasteiger charge is 2.29. The molecular formula is C17H16O4. The number of benzene rings is 2. The van der Waals surface area contributed by atoms with Crippen molar-refractivity contribution in [1.29, 1.82) is 0 Å². The number of hydrogen-bond acceptors (Lipinski definition) is 4. The van der Waals surface area contributed by atoms with Crippen LogP contribution in [0.3, 0.4) is 0 Å². The lowest BCUT2D eigenvalue weighted by atomic mass is 9.91. The van der Waals surface area contributed by atoms with Crippen molar-refractivity contribution in [3.05, 3.63) is 48.0 Å². The molecule has 0 spiro atoms. The summed E-state index contributed by atoms with van der Waals surface area (Å²) in [6, 6.07) is 12.8. The SMILES string of the molecule is CCOC(=O)CC1Oc2cccc(O)c2-c2ccccc21. The maximum Gasteiger partial charge on any atom is 0.309 e. The Kier molecular flexibility index (Phi) is 3.52. The van der Waals surface area contributed by atoms with Crippen LogP contribution >= 0.6 is 0 Å². The summed E-state index contributed by atoms with van der Waals surface area (Å²) in [6.07, 6.45) is -0.241. The number of phenolic OH excluding ortho intramolecular Hbond substituents is 1. The van der Waals surface area contributed by atoms with E-state index in [0.29, 0.717) is 17.9 Å². The number of fused-ring (bicyclic) bond motifs is 3. The fraction of sp³-hybridized carbons (Fsp3) is 0.235. The van der Waals surface area contributed by atoms with E-state index >= 15 is 0 Å². The normalized spacial score (nSPS) is 15.6. The van der Waals surface area contributed by atoms with Crippen molar-refractivity contribution in [3.63, 3.8) is 0 Å². The minimum atomic E-state index is -0.394. The quantitative estimate of drug-likeness (QED) is 0.877. The van der Waals surface area contributed by atoms with Gasteiger partial charge in [0.15, 0.2) is 0 Å². The molecule has 2 aromatic carbocycles. The summed E-state index contributed by atoms with van der Waals surface area (Å²) in [6.45, 7) is 2.13. The van der Waals surface area contributed by atoms with Crippen LogP contribution in [-0.2, 0) is 9.53 Å². The first kappa shape index (κ1) is 13.5. The Balaban J connectivity index is 2.03. The van der Waals surface area contributed by atoms with Crippen molar-refractivity contribution in [2.24, 2.45) is 0 Å². The average Bonchev–Trinajstić information content (AvgIpc) is 2.47. The Bertz CT molecular complexity index is 678. The average molecular weight is 284 g/mol. The largest absolute Gasteiger partial charge is 0.507 e. The van der Waals surface area contributed by atoms with Gasteiger partial charge in [0.1, 0.15) is 17.6 Å². The lowest BCUT2D eigenvalue weighted by Crippen LogP contribution is -2.19. The number of carbonyl (C=O) groups excluding carboxylic acids is 1. The molecule has 0 aromatic heterocycles. The van der Waals surface area contributed by atoms with Gasteiger partial charge >= 0.3 is 5.97 Å². The monoisotopic (exact) mass is 284 g/mol. The number of hydrogen-bond donors (Lipinski definition) is 1. The molecule has 1 aliphatic rings. The zero-order valence-electron chi connectivity index (χ0n) is 11.7. The van der Waals surface area contributed by atoms with Gasteiger partial charge in [-0.05, 0) is 24.6 Å². The first-order valence-corrected chi connectivity index (χ1v) is 6.94. The van der Waals surface area contributed by atoms with Crippen molar-refractivity contribution < 1.29 is 19.4 Å². The highest BCUT2D eigenvalue weighted by atomic mass is 16.5. The molecule has 1 unspecified atom stereocenters. The summed E-state index contributed by atoms with van der Waals surface area (Å²) in [7, 11) is 0. The van der Waals surface area contributed by atoms with Crippen LogP contribution in [0.4, 0.5) is 0 Å². The topological polar surface area (TPSA) is 55.8 Å². The van der Waals surface area contributed by atoms with Crippen LogP contribution in [0.15, 0.2) is 42.5 Å². The number of esters is 1. The van der Waals surface area contributed by atoms with E-state index in [9.17, 15) is 9.90 Å². The molecule has 1 aliphatic heterocycles. The molecular weight excluding hydrogens is 268 g/mol. The van der Waals surface area contributed by atoms with Crippen LogP contribution in [0.5, 0.6) is 11.5 Å². The van der Waals surface area contributed by atoms with Crippen LogP contribution in [0.1, 0.15) is 25.0 Å². The highest BCUT2D eigenvalue weighted by Crippen LogP contribution is 2.47. The van der Waals surface area contributed by atoms with Gasteiger partial charge in [-0.1, -0.05) is 30.3 Å². The second kappa shape index (κ2) is 5.48. The van der Waals surface area contributed by atoms with Gasteiger partial charge in [-0.2, -0.15) is 0 Å². The summed E-state index contributed by atoms with van der Waals surface area (Å²) in [5.74, 6) is 0.471. The Morgan fingerprint density at radius 3 is 2.86 bits per heavy atom. The third-order valence-electron chi connectivity index (χ3n) is 3.51. The summed E-state index contributed by atoms with van der Waals surface area (Å²) in [4.78, 5) is 11.7. The minimum absolute atomic E-state index is 0.153. The number of aromatic hydroxyl groups is 1. The molecule has 0 fully saturated rings. The van der Waals surface area contributed by atoms with E-state index < -0.39 is 6.10 Å². The molecule has 0 amide bonds. The predicted octanol–water partition coefficient (Wildman–Crippen LogP) is 3.45. The standard InChI is InChI=1S/C17H16O4/c1-2-20-16(19)10-15-11-6-3-4-7-12(11)17-13(18)8-5-9-14(17)21-15/h3-9,15,18H,2,10H2,1H3. The molecule has 1 atom stereocenters. The van der Waals surface area contributed by atoms with Gasteiger partial charge in [-0.3, -0.25) is 4.79 Å². The van der Waals surface area contributed by atoms with Crippen molar-refractivity contribution in [2.45, 2.75) is 19.4 Å². The van der Waals surface area contributed by atoms with E-state index in [1.165, 1.54) is 0 Å². The van der Waals surface area contributed by atoms with E-state index in [1.807, 2.05) is 24.3 Å². The number of carbonyl (C=O) groups is 1. The van der Waals surface area contributed by atoms with Gasteiger partial charge in [-0.15, -0.1) is 0 Å². The number of rotatable bonds is 3. The number of phenols is 1. The molecule has 4 nitrogen and oxygen atoms in total. The van der Waals surface area contributed by atoms with Gasteiger partial charge in [0.25, 0.3) is 0 Å².